The fraction of sp³-hybridized carbons (Fsp3) is 0.500. The molecule has 2 rings (SSSR count). The van der Waals surface area contributed by atoms with Crippen LogP contribution in [0.3, 0.4) is 0 Å². The van der Waals surface area contributed by atoms with E-state index < -0.39 is 11.6 Å². The summed E-state index contributed by atoms with van der Waals surface area (Å²) in [5, 5.41) is 9.25. The maximum absolute atomic E-state index is 13.4. The molecular formula is C12H14F2O. The van der Waals surface area contributed by atoms with Gasteiger partial charge in [0.05, 0.1) is 0 Å². The van der Waals surface area contributed by atoms with E-state index in [0.29, 0.717) is 12.0 Å². The maximum Gasteiger partial charge on any atom is 0.129 e. The summed E-state index contributed by atoms with van der Waals surface area (Å²) in [5.74, 6) is -1.06. The summed E-state index contributed by atoms with van der Waals surface area (Å²) in [6, 6.07) is 3.64. The molecule has 0 atom stereocenters. The molecule has 0 spiro atoms. The van der Waals surface area contributed by atoms with Gasteiger partial charge in [-0.05, 0) is 36.3 Å². The topological polar surface area (TPSA) is 20.2 Å². The number of aliphatic hydroxyl groups is 1. The highest BCUT2D eigenvalue weighted by Crippen LogP contribution is 2.43. The van der Waals surface area contributed by atoms with Crippen LogP contribution in [0.2, 0.25) is 0 Å². The van der Waals surface area contributed by atoms with Crippen molar-refractivity contribution < 1.29 is 13.9 Å². The van der Waals surface area contributed by atoms with Gasteiger partial charge in [-0.25, -0.2) is 8.78 Å². The van der Waals surface area contributed by atoms with Crippen LogP contribution in [0.5, 0.6) is 0 Å². The van der Waals surface area contributed by atoms with E-state index in [4.69, 9.17) is 0 Å². The molecule has 0 bridgehead atoms. The van der Waals surface area contributed by atoms with Crippen LogP contribution >= 0.6 is 0 Å². The number of rotatable bonds is 3. The molecule has 0 amide bonds. The van der Waals surface area contributed by atoms with Crippen molar-refractivity contribution in [2.24, 2.45) is 5.41 Å². The molecule has 1 saturated carbocycles. The minimum atomic E-state index is -0.553. The summed E-state index contributed by atoms with van der Waals surface area (Å²) in [6.07, 6.45) is 3.46. The average molecular weight is 212 g/mol. The summed E-state index contributed by atoms with van der Waals surface area (Å²) < 4.78 is 26.0. The Hall–Kier alpha value is -0.960. The molecule has 82 valence electrons. The fourth-order valence-corrected chi connectivity index (χ4v) is 2.14. The van der Waals surface area contributed by atoms with Gasteiger partial charge < -0.3 is 5.11 Å². The highest BCUT2D eigenvalue weighted by Gasteiger charge is 2.36. The van der Waals surface area contributed by atoms with Gasteiger partial charge in [0.25, 0.3) is 0 Å². The Morgan fingerprint density at radius 2 is 2.00 bits per heavy atom. The summed E-state index contributed by atoms with van der Waals surface area (Å²) in [5.41, 5.74) is 0.351. The fourth-order valence-electron chi connectivity index (χ4n) is 2.14. The zero-order valence-corrected chi connectivity index (χ0v) is 8.47. The summed E-state index contributed by atoms with van der Waals surface area (Å²) in [7, 11) is 0. The van der Waals surface area contributed by atoms with Crippen molar-refractivity contribution in [2.45, 2.75) is 25.7 Å². The largest absolute Gasteiger partial charge is 0.396 e. The molecule has 1 N–H and O–H groups in total. The molecule has 0 radical (unpaired) electrons. The molecule has 0 aromatic heterocycles. The van der Waals surface area contributed by atoms with E-state index in [9.17, 15) is 13.9 Å². The quantitative estimate of drug-likeness (QED) is 0.816. The first-order chi connectivity index (χ1) is 7.15. The smallest absolute Gasteiger partial charge is 0.129 e. The molecule has 3 heteroatoms. The molecule has 0 unspecified atom stereocenters. The van der Waals surface area contributed by atoms with E-state index in [1.54, 1.807) is 0 Å². The number of aliphatic hydroxyl groups excluding tert-OH is 1. The summed E-state index contributed by atoms with van der Waals surface area (Å²) in [4.78, 5) is 0. The maximum atomic E-state index is 13.4. The zero-order chi connectivity index (χ0) is 10.9. The highest BCUT2D eigenvalue weighted by molar-refractivity contribution is 5.20. The van der Waals surface area contributed by atoms with Gasteiger partial charge in [-0.15, -0.1) is 0 Å². The van der Waals surface area contributed by atoms with Crippen LogP contribution in [0, 0.1) is 17.0 Å². The Kier molecular flexibility index (Phi) is 2.74. The lowest BCUT2D eigenvalue weighted by Gasteiger charge is -2.40. The van der Waals surface area contributed by atoms with Crippen LogP contribution in [0.1, 0.15) is 24.8 Å². The molecule has 0 saturated heterocycles. The molecule has 15 heavy (non-hydrogen) atoms. The second-order valence-electron chi connectivity index (χ2n) is 4.42. The first-order valence-corrected chi connectivity index (χ1v) is 5.20. The second kappa shape index (κ2) is 3.89. The number of halogens is 2. The highest BCUT2D eigenvalue weighted by atomic mass is 19.1. The lowest BCUT2D eigenvalue weighted by atomic mass is 9.66. The Balaban J connectivity index is 2.16. The Labute approximate surface area is 87.7 Å². The normalized spacial score (nSPS) is 18.6. The van der Waals surface area contributed by atoms with Gasteiger partial charge in [0.15, 0.2) is 0 Å². The molecular weight excluding hydrogens is 198 g/mol. The molecule has 1 aromatic rings. The minimum Gasteiger partial charge on any atom is -0.396 e. The van der Waals surface area contributed by atoms with Gasteiger partial charge in [0, 0.05) is 12.7 Å². The van der Waals surface area contributed by atoms with Gasteiger partial charge in [0.1, 0.15) is 11.6 Å². The number of hydrogen-bond donors (Lipinski definition) is 1. The first-order valence-electron chi connectivity index (χ1n) is 5.20. The first kappa shape index (κ1) is 10.6. The van der Waals surface area contributed by atoms with Crippen molar-refractivity contribution in [3.8, 4) is 0 Å². The van der Waals surface area contributed by atoms with E-state index in [1.807, 2.05) is 0 Å². The van der Waals surface area contributed by atoms with Crippen LogP contribution in [0.4, 0.5) is 8.78 Å². The Morgan fingerprint density at radius 3 is 2.47 bits per heavy atom. The molecule has 1 aliphatic carbocycles. The minimum absolute atomic E-state index is 0.0871. The Morgan fingerprint density at radius 1 is 1.27 bits per heavy atom. The summed E-state index contributed by atoms with van der Waals surface area (Å²) in [6.45, 7) is 0.0871. The summed E-state index contributed by atoms with van der Waals surface area (Å²) >= 11 is 0. The molecule has 1 aromatic carbocycles. The molecule has 1 aliphatic rings. The van der Waals surface area contributed by atoms with Gasteiger partial charge in [-0.1, -0.05) is 12.5 Å². The van der Waals surface area contributed by atoms with E-state index in [-0.39, 0.29) is 12.0 Å². The third-order valence-electron chi connectivity index (χ3n) is 3.33. The van der Waals surface area contributed by atoms with Crippen molar-refractivity contribution in [1.29, 1.82) is 0 Å². The van der Waals surface area contributed by atoms with Gasteiger partial charge >= 0.3 is 0 Å². The van der Waals surface area contributed by atoms with Crippen LogP contribution in [0.15, 0.2) is 18.2 Å². The molecule has 0 heterocycles. The predicted octanol–water partition coefficient (Wildman–Crippen LogP) is 2.67. The average Bonchev–Trinajstić information content (AvgIpc) is 2.14. The lowest BCUT2D eigenvalue weighted by Crippen LogP contribution is -2.35. The second-order valence-corrected chi connectivity index (χ2v) is 4.42. The standard InChI is InChI=1S/C12H14F2O/c13-10-3-2-9(11(14)6-10)7-12(8-15)4-1-5-12/h2-3,6,15H,1,4-5,7-8H2. The van der Waals surface area contributed by atoms with Crippen molar-refractivity contribution in [3.05, 3.63) is 35.4 Å². The number of hydrogen-bond acceptors (Lipinski definition) is 1. The monoisotopic (exact) mass is 212 g/mol. The van der Waals surface area contributed by atoms with E-state index in [0.717, 1.165) is 25.3 Å². The van der Waals surface area contributed by atoms with Gasteiger partial charge in [0.2, 0.25) is 0 Å². The van der Waals surface area contributed by atoms with Crippen LogP contribution in [-0.2, 0) is 6.42 Å². The SMILES string of the molecule is OCC1(Cc2ccc(F)cc2F)CCC1. The third-order valence-corrected chi connectivity index (χ3v) is 3.33. The van der Waals surface area contributed by atoms with E-state index in [2.05, 4.69) is 0 Å². The van der Waals surface area contributed by atoms with Gasteiger partial charge in [-0.3, -0.25) is 0 Å². The van der Waals surface area contributed by atoms with Crippen LogP contribution in [-0.4, -0.2) is 11.7 Å². The zero-order valence-electron chi connectivity index (χ0n) is 8.47. The lowest BCUT2D eigenvalue weighted by molar-refractivity contribution is 0.0442. The predicted molar refractivity (Wildman–Crippen MR) is 53.4 cm³/mol. The van der Waals surface area contributed by atoms with Crippen molar-refractivity contribution in [1.82, 2.24) is 0 Å². The van der Waals surface area contributed by atoms with E-state index in [1.165, 1.54) is 12.1 Å². The van der Waals surface area contributed by atoms with Gasteiger partial charge in [-0.2, -0.15) is 0 Å². The Bertz CT molecular complexity index is 353. The number of benzene rings is 1. The van der Waals surface area contributed by atoms with Crippen molar-refractivity contribution in [2.75, 3.05) is 6.61 Å². The molecule has 1 fully saturated rings. The third kappa shape index (κ3) is 2.02. The molecule has 0 aliphatic heterocycles. The molecule has 1 nitrogen and oxygen atoms in total. The van der Waals surface area contributed by atoms with E-state index >= 15 is 0 Å². The van der Waals surface area contributed by atoms with Crippen LogP contribution < -0.4 is 0 Å². The van der Waals surface area contributed by atoms with Crippen LogP contribution in [0.25, 0.3) is 0 Å². The van der Waals surface area contributed by atoms with Crippen molar-refractivity contribution in [3.63, 3.8) is 0 Å². The van der Waals surface area contributed by atoms with Crippen molar-refractivity contribution >= 4 is 0 Å².